The Labute approximate surface area is 313 Å². The number of nitrogens with one attached hydrogen (secondary N) is 5. The highest BCUT2D eigenvalue weighted by molar-refractivity contribution is 6.08. The third-order valence-electron chi connectivity index (χ3n) is 8.96. The molecule has 0 spiro atoms. The molecule has 0 unspecified atom stereocenters. The zero-order chi connectivity index (χ0) is 39.1. The van der Waals surface area contributed by atoms with Crippen molar-refractivity contribution in [1.82, 2.24) is 25.9 Å². The number of benzene rings is 4. The Morgan fingerprint density at radius 2 is 1.71 bits per heavy atom. The number of phenolic OH excluding ortho intramolecular Hbond substituents is 1. The van der Waals surface area contributed by atoms with E-state index in [2.05, 4.69) is 31.2 Å². The summed E-state index contributed by atoms with van der Waals surface area (Å²) < 4.78 is 5.87. The highest BCUT2D eigenvalue weighted by atomic mass is 16.4. The van der Waals surface area contributed by atoms with Crippen LogP contribution in [0.1, 0.15) is 35.0 Å². The lowest BCUT2D eigenvalue weighted by Gasteiger charge is -2.28. The van der Waals surface area contributed by atoms with Gasteiger partial charge in [-0.2, -0.15) is 0 Å². The first kappa shape index (κ1) is 37.9. The molecule has 1 aliphatic heterocycles. The van der Waals surface area contributed by atoms with Crippen LogP contribution in [-0.4, -0.2) is 73.8 Å². The number of carbonyl (C=O) groups is 4. The van der Waals surface area contributed by atoms with Crippen LogP contribution >= 0.6 is 0 Å². The molecule has 0 fully saturated rings. The number of ketones is 1. The minimum Gasteiger partial charge on any atom is -0.508 e. The quantitative estimate of drug-likeness (QED) is 0.0552. The number of hydrogen-bond acceptors (Lipinski definition) is 10. The fourth-order valence-corrected chi connectivity index (χ4v) is 6.28. The van der Waals surface area contributed by atoms with Gasteiger partial charge in [-0.05, 0) is 60.9 Å². The van der Waals surface area contributed by atoms with Gasteiger partial charge in [-0.1, -0.05) is 36.4 Å². The molecule has 1 aliphatic carbocycles. The van der Waals surface area contributed by atoms with E-state index in [9.17, 15) is 39.3 Å². The highest BCUT2D eigenvalue weighted by Gasteiger charge is 2.27. The minimum atomic E-state index is -1.30. The highest BCUT2D eigenvalue weighted by Crippen LogP contribution is 2.42. The Morgan fingerprint density at radius 3 is 2.44 bits per heavy atom. The number of phenols is 1. The fourth-order valence-electron chi connectivity index (χ4n) is 6.28. The van der Waals surface area contributed by atoms with Crippen molar-refractivity contribution in [3.8, 4) is 28.2 Å². The first-order valence-corrected chi connectivity index (χ1v) is 17.3. The molecule has 0 bridgehead atoms. The van der Waals surface area contributed by atoms with E-state index in [1.807, 2.05) is 30.3 Å². The van der Waals surface area contributed by atoms with Gasteiger partial charge in [0, 0.05) is 65.6 Å². The number of aromatic hydroxyl groups is 1. The van der Waals surface area contributed by atoms with Gasteiger partial charge in [0.2, 0.25) is 5.91 Å². The number of aromatic carboxylic acids is 1. The summed E-state index contributed by atoms with van der Waals surface area (Å²) in [6.45, 7) is 1.31. The summed E-state index contributed by atoms with van der Waals surface area (Å²) in [4.78, 5) is 69.9. The maximum absolute atomic E-state index is 13.1. The number of imidazole rings is 1. The van der Waals surface area contributed by atoms with Gasteiger partial charge in [-0.15, -0.1) is 0 Å². The van der Waals surface area contributed by atoms with E-state index < -0.39 is 36.2 Å². The predicted octanol–water partition coefficient (Wildman–Crippen LogP) is 4.04. The van der Waals surface area contributed by atoms with E-state index in [-0.39, 0.29) is 70.9 Å². The van der Waals surface area contributed by atoms with E-state index in [4.69, 9.17) is 4.42 Å². The van der Waals surface area contributed by atoms with Gasteiger partial charge < -0.3 is 40.7 Å². The van der Waals surface area contributed by atoms with E-state index in [1.165, 1.54) is 61.8 Å². The molecule has 2 heterocycles. The van der Waals surface area contributed by atoms with Gasteiger partial charge in [0.1, 0.15) is 29.1 Å². The van der Waals surface area contributed by atoms with Gasteiger partial charge >= 0.3 is 12.0 Å². The summed E-state index contributed by atoms with van der Waals surface area (Å²) in [7, 11) is 0. The molecule has 15 heteroatoms. The Kier molecular flexibility index (Phi) is 11.6. The average molecular weight is 747 g/mol. The van der Waals surface area contributed by atoms with E-state index in [1.54, 1.807) is 12.3 Å². The van der Waals surface area contributed by atoms with E-state index in [0.29, 0.717) is 22.2 Å². The Morgan fingerprint density at radius 1 is 0.927 bits per heavy atom. The molecular weight excluding hydrogens is 708 g/mol. The second-order valence-corrected chi connectivity index (χ2v) is 12.9. The SMILES string of the molecule is CC(=O)[C@H](Cc1cnc[nH]1)N[C@H](O)[C@H](Cc1ccccc1)NC(=O)CCNC(=O)Nc1ccc(-c2c3ccc(=O)cc-3oc3cc(O)ccc23)c(C(=O)O)c1. The molecule has 2 aliphatic rings. The summed E-state index contributed by atoms with van der Waals surface area (Å²) in [6, 6.07) is 19.8. The molecule has 3 aromatic carbocycles. The van der Waals surface area contributed by atoms with Crippen molar-refractivity contribution in [2.75, 3.05) is 11.9 Å². The second-order valence-electron chi connectivity index (χ2n) is 12.9. The number of carboxylic acids is 1. The van der Waals surface area contributed by atoms with Crippen LogP contribution in [0.4, 0.5) is 10.5 Å². The number of nitrogens with zero attached hydrogens (tertiary/aromatic N) is 1. The normalized spacial score (nSPS) is 12.8. The molecule has 0 saturated heterocycles. The summed E-state index contributed by atoms with van der Waals surface area (Å²) in [6.07, 6.45) is 2.11. The Balaban J connectivity index is 1.12. The molecule has 8 N–H and O–H groups in total. The van der Waals surface area contributed by atoms with Crippen molar-refractivity contribution >= 4 is 40.3 Å². The number of urea groups is 1. The van der Waals surface area contributed by atoms with Crippen molar-refractivity contribution in [3.05, 3.63) is 124 Å². The number of anilines is 1. The molecule has 0 radical (unpaired) electrons. The smallest absolute Gasteiger partial charge is 0.336 e. The summed E-state index contributed by atoms with van der Waals surface area (Å²) in [5, 5.41) is 42.9. The lowest BCUT2D eigenvalue weighted by atomic mass is 9.90. The standard InChI is InChI=1S/C40H38N6O9/c1-22(47)32(17-25-20-41-21-43-25)46-38(51)33(15-23-5-3-2-4-6-23)45-36(50)13-14-42-40(54)44-24-7-10-28(31(16-24)39(52)53)37-29-11-8-26(48)18-34(29)55-35-19-27(49)9-12-30(35)37/h2-12,16,18-21,32-33,38,46,48,51H,13-15,17H2,1H3,(H,41,43)(H,45,50)(H,52,53)(H2,42,44,54)/t32-,33-,38+/m0/s1. The summed E-state index contributed by atoms with van der Waals surface area (Å²) in [5.41, 5.74) is 2.66. The summed E-state index contributed by atoms with van der Waals surface area (Å²) >= 11 is 0. The van der Waals surface area contributed by atoms with Gasteiger partial charge in [0.25, 0.3) is 0 Å². The summed E-state index contributed by atoms with van der Waals surface area (Å²) in [5.74, 6) is -1.85. The number of aromatic nitrogens is 2. The topological polar surface area (TPSA) is 236 Å². The molecule has 3 atom stereocenters. The maximum Gasteiger partial charge on any atom is 0.336 e. The van der Waals surface area contributed by atoms with E-state index >= 15 is 0 Å². The van der Waals surface area contributed by atoms with Crippen molar-refractivity contribution in [2.45, 2.75) is 44.5 Å². The van der Waals surface area contributed by atoms with Crippen LogP contribution < -0.4 is 26.7 Å². The molecule has 1 aromatic heterocycles. The minimum absolute atomic E-state index is 0.0806. The lowest BCUT2D eigenvalue weighted by molar-refractivity contribution is -0.123. The molecule has 55 heavy (non-hydrogen) atoms. The zero-order valence-electron chi connectivity index (χ0n) is 29.5. The second kappa shape index (κ2) is 16.9. The van der Waals surface area contributed by atoms with Crippen LogP contribution in [0.25, 0.3) is 33.4 Å². The van der Waals surface area contributed by atoms with Crippen molar-refractivity contribution in [3.63, 3.8) is 0 Å². The predicted molar refractivity (Wildman–Crippen MR) is 203 cm³/mol. The van der Waals surface area contributed by atoms with Crippen molar-refractivity contribution in [2.24, 2.45) is 0 Å². The van der Waals surface area contributed by atoms with E-state index in [0.717, 1.165) is 5.56 Å². The number of carboxylic acid groups (broad SMARTS) is 1. The van der Waals surface area contributed by atoms with Crippen LogP contribution in [0.3, 0.4) is 0 Å². The molecule has 4 aromatic rings. The van der Waals surface area contributed by atoms with Crippen LogP contribution in [-0.2, 0) is 22.4 Å². The molecular formula is C40H38N6O9. The number of Topliss-reactive ketones (excluding diaryl/α,β-unsaturated/α-hetero) is 1. The lowest BCUT2D eigenvalue weighted by Crippen LogP contribution is -2.55. The first-order valence-electron chi connectivity index (χ1n) is 17.3. The Bertz CT molecular complexity index is 2360. The number of aliphatic hydroxyl groups is 1. The number of H-pyrrole nitrogens is 1. The first-order chi connectivity index (χ1) is 26.4. The van der Waals surface area contributed by atoms with Gasteiger partial charge in [0.15, 0.2) is 5.43 Å². The van der Waals surface area contributed by atoms with Gasteiger partial charge in [-0.25, -0.2) is 14.6 Å². The Hall–Kier alpha value is -6.84. The number of amides is 3. The average Bonchev–Trinajstić information content (AvgIpc) is 3.67. The van der Waals surface area contributed by atoms with Crippen molar-refractivity contribution in [1.29, 1.82) is 0 Å². The van der Waals surface area contributed by atoms with Gasteiger partial charge in [0.05, 0.1) is 24.0 Å². The maximum atomic E-state index is 13.1. The number of fused-ring (bicyclic) bond motifs is 2. The third kappa shape index (κ3) is 9.40. The number of hydrogen-bond donors (Lipinski definition) is 8. The molecule has 3 amide bonds. The fraction of sp³-hybridized carbons (Fsp3) is 0.200. The molecule has 15 nitrogen and oxygen atoms in total. The monoisotopic (exact) mass is 746 g/mol. The largest absolute Gasteiger partial charge is 0.508 e. The molecule has 6 rings (SSSR count). The van der Waals surface area contributed by atoms with Crippen LogP contribution in [0.2, 0.25) is 0 Å². The number of rotatable bonds is 15. The number of aromatic amines is 1. The molecule has 282 valence electrons. The van der Waals surface area contributed by atoms with Crippen LogP contribution in [0.15, 0.2) is 107 Å². The van der Waals surface area contributed by atoms with Crippen LogP contribution in [0, 0.1) is 0 Å². The third-order valence-corrected chi connectivity index (χ3v) is 8.96. The molecule has 0 saturated carbocycles. The van der Waals surface area contributed by atoms with Crippen molar-refractivity contribution < 1.29 is 38.9 Å². The van der Waals surface area contributed by atoms with Gasteiger partial charge in [-0.3, -0.25) is 19.7 Å². The zero-order valence-corrected chi connectivity index (χ0v) is 29.5. The van der Waals surface area contributed by atoms with Crippen LogP contribution in [0.5, 0.6) is 5.75 Å². The number of aliphatic hydroxyl groups excluding tert-OH is 1. The number of carbonyl (C=O) groups excluding carboxylic acids is 3.